The summed E-state index contributed by atoms with van der Waals surface area (Å²) in [5, 5.41) is 13.9. The fourth-order valence-electron chi connectivity index (χ4n) is 4.32. The van der Waals surface area contributed by atoms with Gasteiger partial charge in [-0.15, -0.1) is 10.2 Å². The first-order valence-corrected chi connectivity index (χ1v) is 10.3. The lowest BCUT2D eigenvalue weighted by atomic mass is 9.80. The molecule has 0 atom stereocenters. The van der Waals surface area contributed by atoms with Gasteiger partial charge in [0.05, 0.1) is 12.2 Å². The highest BCUT2D eigenvalue weighted by atomic mass is 15.3. The molecule has 2 aromatic rings. The SMILES string of the molecule is Cc1nn(C(C)C)c(C)c1CN(C)Cc1nnc(C2CC(N)C2)n1C1CC1. The Labute approximate surface area is 161 Å². The highest BCUT2D eigenvalue weighted by Gasteiger charge is 2.37. The minimum Gasteiger partial charge on any atom is -0.328 e. The Morgan fingerprint density at radius 1 is 1.15 bits per heavy atom. The lowest BCUT2D eigenvalue weighted by Gasteiger charge is -2.32. The van der Waals surface area contributed by atoms with Crippen LogP contribution in [0, 0.1) is 13.8 Å². The number of hydrogen-bond acceptors (Lipinski definition) is 5. The van der Waals surface area contributed by atoms with Crippen molar-refractivity contribution in [2.24, 2.45) is 5.73 Å². The standard InChI is InChI=1S/C20H33N7/c1-12(2)27-14(4)18(13(3)24-27)10-25(5)11-19-22-23-20(15-8-16(21)9-15)26(19)17-6-7-17/h12,15-17H,6-11,21H2,1-5H3. The van der Waals surface area contributed by atoms with E-state index in [1.54, 1.807) is 0 Å². The van der Waals surface area contributed by atoms with Gasteiger partial charge in [-0.25, -0.2) is 0 Å². The third-order valence-electron chi connectivity index (χ3n) is 6.05. The third kappa shape index (κ3) is 3.55. The van der Waals surface area contributed by atoms with Crippen molar-refractivity contribution in [1.29, 1.82) is 0 Å². The molecule has 2 heterocycles. The third-order valence-corrected chi connectivity index (χ3v) is 6.05. The van der Waals surface area contributed by atoms with Gasteiger partial charge >= 0.3 is 0 Å². The van der Waals surface area contributed by atoms with Crippen molar-refractivity contribution in [2.45, 2.75) is 90.5 Å². The molecule has 0 amide bonds. The van der Waals surface area contributed by atoms with Crippen LogP contribution in [0.15, 0.2) is 0 Å². The lowest BCUT2D eigenvalue weighted by molar-refractivity contribution is 0.297. The average Bonchev–Trinajstić information content (AvgIpc) is 3.28. The first-order chi connectivity index (χ1) is 12.8. The van der Waals surface area contributed by atoms with E-state index in [-0.39, 0.29) is 0 Å². The zero-order valence-electron chi connectivity index (χ0n) is 17.3. The lowest BCUT2D eigenvalue weighted by Crippen LogP contribution is -2.36. The summed E-state index contributed by atoms with van der Waals surface area (Å²) in [4.78, 5) is 2.33. The van der Waals surface area contributed by atoms with Crippen molar-refractivity contribution in [2.75, 3.05) is 7.05 Å². The number of aromatic nitrogens is 5. The van der Waals surface area contributed by atoms with Crippen molar-refractivity contribution in [1.82, 2.24) is 29.4 Å². The molecule has 2 aliphatic rings. The summed E-state index contributed by atoms with van der Waals surface area (Å²) in [6.07, 6.45) is 4.60. The molecule has 0 unspecified atom stereocenters. The van der Waals surface area contributed by atoms with Gasteiger partial charge in [-0.05, 0) is 60.4 Å². The minimum atomic E-state index is 0.342. The van der Waals surface area contributed by atoms with Crippen LogP contribution in [0.3, 0.4) is 0 Å². The molecule has 2 fully saturated rings. The van der Waals surface area contributed by atoms with Crippen LogP contribution in [0.4, 0.5) is 0 Å². The monoisotopic (exact) mass is 371 g/mol. The Morgan fingerprint density at radius 2 is 1.85 bits per heavy atom. The van der Waals surface area contributed by atoms with Crippen LogP contribution in [0.5, 0.6) is 0 Å². The van der Waals surface area contributed by atoms with Crippen LogP contribution in [0.2, 0.25) is 0 Å². The Kier molecular flexibility index (Phi) is 4.84. The number of nitrogens with zero attached hydrogens (tertiary/aromatic N) is 6. The smallest absolute Gasteiger partial charge is 0.147 e. The van der Waals surface area contributed by atoms with Gasteiger partial charge in [0.1, 0.15) is 11.6 Å². The van der Waals surface area contributed by atoms with E-state index < -0.39 is 0 Å². The van der Waals surface area contributed by atoms with Gasteiger partial charge in [-0.3, -0.25) is 9.58 Å². The van der Waals surface area contributed by atoms with Gasteiger partial charge in [0.25, 0.3) is 0 Å². The van der Waals surface area contributed by atoms with Crippen LogP contribution in [-0.4, -0.2) is 42.5 Å². The van der Waals surface area contributed by atoms with Gasteiger partial charge in [0.2, 0.25) is 0 Å². The molecule has 0 saturated heterocycles. The largest absolute Gasteiger partial charge is 0.328 e. The first kappa shape index (κ1) is 18.6. The van der Waals surface area contributed by atoms with E-state index in [9.17, 15) is 0 Å². The van der Waals surface area contributed by atoms with Gasteiger partial charge in [0, 0.05) is 41.8 Å². The van der Waals surface area contributed by atoms with Crippen LogP contribution in [-0.2, 0) is 13.1 Å². The van der Waals surface area contributed by atoms with Crippen molar-refractivity contribution in [3.8, 4) is 0 Å². The van der Waals surface area contributed by atoms with Crippen LogP contribution in [0.25, 0.3) is 0 Å². The molecule has 0 aliphatic heterocycles. The molecule has 7 nitrogen and oxygen atoms in total. The molecule has 27 heavy (non-hydrogen) atoms. The van der Waals surface area contributed by atoms with Crippen molar-refractivity contribution < 1.29 is 0 Å². The predicted molar refractivity (Wildman–Crippen MR) is 106 cm³/mol. The predicted octanol–water partition coefficient (Wildman–Crippen LogP) is 2.84. The Bertz CT molecular complexity index is 809. The minimum absolute atomic E-state index is 0.342. The number of aryl methyl sites for hydroxylation is 1. The van der Waals surface area contributed by atoms with E-state index in [0.29, 0.717) is 24.0 Å². The summed E-state index contributed by atoms with van der Waals surface area (Å²) in [6, 6.07) is 1.33. The van der Waals surface area contributed by atoms with Crippen molar-refractivity contribution in [3.63, 3.8) is 0 Å². The molecular weight excluding hydrogens is 338 g/mol. The molecule has 0 bridgehead atoms. The average molecular weight is 372 g/mol. The van der Waals surface area contributed by atoms with Gasteiger partial charge in [-0.2, -0.15) is 5.10 Å². The molecule has 0 spiro atoms. The number of rotatable bonds is 7. The van der Waals surface area contributed by atoms with E-state index in [0.717, 1.165) is 37.4 Å². The van der Waals surface area contributed by atoms with E-state index in [4.69, 9.17) is 10.8 Å². The Morgan fingerprint density at radius 3 is 2.41 bits per heavy atom. The number of nitrogens with two attached hydrogens (primary N) is 1. The molecule has 2 aliphatic carbocycles. The fraction of sp³-hybridized carbons (Fsp3) is 0.750. The second kappa shape index (κ2) is 7.02. The van der Waals surface area contributed by atoms with E-state index in [2.05, 4.69) is 59.1 Å². The maximum Gasteiger partial charge on any atom is 0.147 e. The summed E-state index contributed by atoms with van der Waals surface area (Å²) in [6.45, 7) is 10.3. The zero-order valence-corrected chi connectivity index (χ0v) is 17.3. The molecule has 7 heteroatoms. The van der Waals surface area contributed by atoms with E-state index >= 15 is 0 Å². The van der Waals surface area contributed by atoms with Crippen LogP contribution in [0.1, 0.15) is 86.1 Å². The summed E-state index contributed by atoms with van der Waals surface area (Å²) in [5.74, 6) is 2.77. The van der Waals surface area contributed by atoms with E-state index in [1.165, 1.54) is 29.9 Å². The summed E-state index contributed by atoms with van der Waals surface area (Å²) < 4.78 is 4.55. The van der Waals surface area contributed by atoms with Gasteiger partial charge in [-0.1, -0.05) is 0 Å². The molecular formula is C20H33N7. The molecule has 148 valence electrons. The quantitative estimate of drug-likeness (QED) is 0.810. The molecule has 4 rings (SSSR count). The van der Waals surface area contributed by atoms with Gasteiger partial charge < -0.3 is 10.3 Å². The summed E-state index contributed by atoms with van der Waals surface area (Å²) in [7, 11) is 2.16. The molecule has 0 radical (unpaired) electrons. The highest BCUT2D eigenvalue weighted by Crippen LogP contribution is 2.42. The topological polar surface area (TPSA) is 77.8 Å². The number of hydrogen-bond donors (Lipinski definition) is 1. The fourth-order valence-corrected chi connectivity index (χ4v) is 4.32. The highest BCUT2D eigenvalue weighted by molar-refractivity contribution is 5.25. The van der Waals surface area contributed by atoms with Crippen LogP contribution < -0.4 is 5.73 Å². The molecule has 2 saturated carbocycles. The van der Waals surface area contributed by atoms with Crippen LogP contribution >= 0.6 is 0 Å². The van der Waals surface area contributed by atoms with Crippen molar-refractivity contribution >= 4 is 0 Å². The summed E-state index contributed by atoms with van der Waals surface area (Å²) in [5.41, 5.74) is 9.72. The maximum atomic E-state index is 6.00. The molecule has 2 N–H and O–H groups in total. The van der Waals surface area contributed by atoms with Crippen molar-refractivity contribution in [3.05, 3.63) is 28.6 Å². The first-order valence-electron chi connectivity index (χ1n) is 10.3. The summed E-state index contributed by atoms with van der Waals surface area (Å²) >= 11 is 0. The maximum absolute atomic E-state index is 6.00. The molecule has 2 aromatic heterocycles. The van der Waals surface area contributed by atoms with Gasteiger partial charge in [0.15, 0.2) is 0 Å². The zero-order chi connectivity index (χ0) is 19.3. The van der Waals surface area contributed by atoms with E-state index in [1.807, 2.05) is 0 Å². The second-order valence-corrected chi connectivity index (χ2v) is 8.86. The molecule has 0 aromatic carbocycles. The Balaban J connectivity index is 1.50. The second-order valence-electron chi connectivity index (χ2n) is 8.86. The normalized spacial score (nSPS) is 22.7. The Hall–Kier alpha value is -1.73.